The lowest BCUT2D eigenvalue weighted by atomic mass is 10.3. The number of hydrogen-bond donors (Lipinski definition) is 2. The Morgan fingerprint density at radius 3 is 2.40 bits per heavy atom. The van der Waals surface area contributed by atoms with E-state index in [0.29, 0.717) is 0 Å². The zero-order valence-electron chi connectivity index (χ0n) is 4.79. The standard InChI is InChI=1S/C4H4N2O4/c5-2(7)1-3(8)6-4(9)10-1/h1H,(H2,5,7)(H,6,8,9). The zero-order valence-corrected chi connectivity index (χ0v) is 4.79. The summed E-state index contributed by atoms with van der Waals surface area (Å²) in [6, 6.07) is 0. The van der Waals surface area contributed by atoms with Gasteiger partial charge in [-0.2, -0.15) is 0 Å². The molecule has 6 heteroatoms. The third-order valence-corrected chi connectivity index (χ3v) is 0.947. The molecule has 0 aromatic rings. The van der Waals surface area contributed by atoms with E-state index in [4.69, 9.17) is 0 Å². The summed E-state index contributed by atoms with van der Waals surface area (Å²) < 4.78 is 4.16. The fourth-order valence-corrected chi connectivity index (χ4v) is 0.543. The Morgan fingerprint density at radius 2 is 2.20 bits per heavy atom. The molecule has 0 bridgehead atoms. The maximum atomic E-state index is 10.5. The molecule has 0 aliphatic carbocycles. The molecule has 0 aromatic carbocycles. The number of rotatable bonds is 1. The highest BCUT2D eigenvalue weighted by atomic mass is 16.6. The lowest BCUT2D eigenvalue weighted by molar-refractivity contribution is -0.134. The van der Waals surface area contributed by atoms with E-state index in [2.05, 4.69) is 10.5 Å². The summed E-state index contributed by atoms with van der Waals surface area (Å²) in [5.74, 6) is -1.78. The van der Waals surface area contributed by atoms with Crippen LogP contribution >= 0.6 is 0 Å². The molecule has 0 saturated carbocycles. The van der Waals surface area contributed by atoms with Crippen LogP contribution in [0.4, 0.5) is 4.79 Å². The normalized spacial score (nSPS) is 23.8. The summed E-state index contributed by atoms with van der Waals surface area (Å²) in [5.41, 5.74) is 4.67. The molecule has 6 nitrogen and oxygen atoms in total. The van der Waals surface area contributed by atoms with Gasteiger partial charge in [0.2, 0.25) is 0 Å². The quantitative estimate of drug-likeness (QED) is 0.420. The van der Waals surface area contributed by atoms with E-state index in [1.54, 1.807) is 5.32 Å². The van der Waals surface area contributed by atoms with Crippen molar-refractivity contribution >= 4 is 17.9 Å². The van der Waals surface area contributed by atoms with Gasteiger partial charge in [0, 0.05) is 0 Å². The molecule has 1 saturated heterocycles. The molecule has 10 heavy (non-hydrogen) atoms. The molecule has 0 radical (unpaired) electrons. The van der Waals surface area contributed by atoms with Crippen LogP contribution < -0.4 is 11.1 Å². The molecule has 1 aliphatic rings. The molecule has 3 amide bonds. The third kappa shape index (κ3) is 0.903. The van der Waals surface area contributed by atoms with E-state index in [0.717, 1.165) is 0 Å². The largest absolute Gasteiger partial charge is 0.425 e. The van der Waals surface area contributed by atoms with E-state index in [1.165, 1.54) is 0 Å². The smallest absolute Gasteiger partial charge is 0.415 e. The number of nitrogens with one attached hydrogen (secondary N) is 1. The van der Waals surface area contributed by atoms with E-state index in [9.17, 15) is 14.4 Å². The van der Waals surface area contributed by atoms with Crippen molar-refractivity contribution in [2.75, 3.05) is 0 Å². The van der Waals surface area contributed by atoms with Gasteiger partial charge in [-0.1, -0.05) is 0 Å². The lowest BCUT2D eigenvalue weighted by Crippen LogP contribution is -2.36. The average molecular weight is 144 g/mol. The van der Waals surface area contributed by atoms with Crippen molar-refractivity contribution in [3.63, 3.8) is 0 Å². The highest BCUT2D eigenvalue weighted by Gasteiger charge is 2.36. The Bertz CT molecular complexity index is 211. The van der Waals surface area contributed by atoms with Gasteiger partial charge in [-0.3, -0.25) is 14.9 Å². The minimum absolute atomic E-state index is 0.808. The van der Waals surface area contributed by atoms with Crippen LogP contribution in [0.5, 0.6) is 0 Å². The van der Waals surface area contributed by atoms with Crippen molar-refractivity contribution in [1.82, 2.24) is 5.32 Å². The average Bonchev–Trinajstić information content (AvgIpc) is 2.10. The van der Waals surface area contributed by atoms with Gasteiger partial charge < -0.3 is 10.5 Å². The first kappa shape index (κ1) is 6.53. The van der Waals surface area contributed by atoms with Crippen molar-refractivity contribution < 1.29 is 19.1 Å². The molecule has 0 aromatic heterocycles. The van der Waals surface area contributed by atoms with Crippen molar-refractivity contribution in [3.05, 3.63) is 0 Å². The summed E-state index contributed by atoms with van der Waals surface area (Å²) in [6.45, 7) is 0. The number of ether oxygens (including phenoxy) is 1. The van der Waals surface area contributed by atoms with Crippen LogP contribution in [0.1, 0.15) is 0 Å². The molecule has 1 aliphatic heterocycles. The minimum atomic E-state index is -1.45. The number of carbonyl (C=O) groups is 3. The van der Waals surface area contributed by atoms with Crippen molar-refractivity contribution in [2.24, 2.45) is 5.73 Å². The molecular formula is C4H4N2O4. The van der Waals surface area contributed by atoms with Gasteiger partial charge in [0.1, 0.15) is 0 Å². The van der Waals surface area contributed by atoms with Gasteiger partial charge in [-0.25, -0.2) is 4.79 Å². The summed E-state index contributed by atoms with van der Waals surface area (Å²) in [6.07, 6.45) is -2.39. The van der Waals surface area contributed by atoms with Crippen LogP contribution in [0.3, 0.4) is 0 Å². The SMILES string of the molecule is NC(=O)C1OC(=O)NC1=O. The van der Waals surface area contributed by atoms with E-state index < -0.39 is 24.0 Å². The minimum Gasteiger partial charge on any atom is -0.425 e. The predicted octanol–water partition coefficient (Wildman–Crippen LogP) is -1.89. The van der Waals surface area contributed by atoms with Gasteiger partial charge in [0.25, 0.3) is 17.9 Å². The maximum Gasteiger partial charge on any atom is 0.415 e. The van der Waals surface area contributed by atoms with Crippen molar-refractivity contribution in [3.8, 4) is 0 Å². The summed E-state index contributed by atoms with van der Waals surface area (Å²) in [7, 11) is 0. The highest BCUT2D eigenvalue weighted by molar-refractivity contribution is 6.12. The molecule has 1 heterocycles. The number of amides is 3. The fourth-order valence-electron chi connectivity index (χ4n) is 0.543. The molecule has 1 atom stereocenters. The van der Waals surface area contributed by atoms with E-state index in [-0.39, 0.29) is 0 Å². The Kier molecular flexibility index (Phi) is 1.29. The maximum absolute atomic E-state index is 10.5. The fraction of sp³-hybridized carbons (Fsp3) is 0.250. The second kappa shape index (κ2) is 1.98. The van der Waals surface area contributed by atoms with Crippen molar-refractivity contribution in [2.45, 2.75) is 6.10 Å². The lowest BCUT2D eigenvalue weighted by Gasteiger charge is -1.96. The number of carbonyl (C=O) groups excluding carboxylic acids is 3. The molecule has 0 spiro atoms. The first-order valence-corrected chi connectivity index (χ1v) is 2.42. The van der Waals surface area contributed by atoms with Crippen LogP contribution in [0.15, 0.2) is 0 Å². The van der Waals surface area contributed by atoms with Crippen LogP contribution in [0, 0.1) is 0 Å². The number of primary amides is 1. The first-order valence-electron chi connectivity index (χ1n) is 2.42. The summed E-state index contributed by atoms with van der Waals surface area (Å²) in [5, 5.41) is 1.75. The Hall–Kier alpha value is -1.59. The molecule has 1 unspecified atom stereocenters. The topological polar surface area (TPSA) is 98.5 Å². The molecule has 54 valence electrons. The second-order valence-electron chi connectivity index (χ2n) is 1.68. The zero-order chi connectivity index (χ0) is 7.72. The number of hydrogen-bond acceptors (Lipinski definition) is 4. The van der Waals surface area contributed by atoms with Crippen LogP contribution in [-0.4, -0.2) is 24.0 Å². The number of alkyl carbamates (subject to hydrolysis) is 1. The Morgan fingerprint density at radius 1 is 1.60 bits per heavy atom. The van der Waals surface area contributed by atoms with Gasteiger partial charge >= 0.3 is 6.09 Å². The molecule has 3 N–H and O–H groups in total. The highest BCUT2D eigenvalue weighted by Crippen LogP contribution is 1.99. The monoisotopic (exact) mass is 144 g/mol. The van der Waals surface area contributed by atoms with Gasteiger partial charge in [-0.05, 0) is 0 Å². The molecule has 1 fully saturated rings. The number of imide groups is 1. The van der Waals surface area contributed by atoms with Crippen molar-refractivity contribution in [1.29, 1.82) is 0 Å². The van der Waals surface area contributed by atoms with Crippen LogP contribution in [0.25, 0.3) is 0 Å². The molecular weight excluding hydrogens is 140 g/mol. The number of nitrogens with two attached hydrogens (primary N) is 1. The van der Waals surface area contributed by atoms with Crippen LogP contribution in [0.2, 0.25) is 0 Å². The summed E-state index contributed by atoms with van der Waals surface area (Å²) in [4.78, 5) is 30.9. The first-order chi connectivity index (χ1) is 4.61. The summed E-state index contributed by atoms with van der Waals surface area (Å²) >= 11 is 0. The third-order valence-electron chi connectivity index (χ3n) is 0.947. The number of cyclic esters (lactones) is 1. The van der Waals surface area contributed by atoms with Crippen LogP contribution in [-0.2, 0) is 14.3 Å². The predicted molar refractivity (Wildman–Crippen MR) is 27.6 cm³/mol. The van der Waals surface area contributed by atoms with E-state index >= 15 is 0 Å². The van der Waals surface area contributed by atoms with Gasteiger partial charge in [-0.15, -0.1) is 0 Å². The second-order valence-corrected chi connectivity index (χ2v) is 1.68. The molecule has 1 rings (SSSR count). The Labute approximate surface area is 55.3 Å². The Balaban J connectivity index is 2.72. The van der Waals surface area contributed by atoms with E-state index in [1.807, 2.05) is 0 Å². The van der Waals surface area contributed by atoms with Gasteiger partial charge in [0.15, 0.2) is 0 Å². The van der Waals surface area contributed by atoms with Gasteiger partial charge in [0.05, 0.1) is 0 Å².